The number of amides is 2. The van der Waals surface area contributed by atoms with Crippen LogP contribution in [0.2, 0.25) is 0 Å². The Balaban J connectivity index is 1.66. The van der Waals surface area contributed by atoms with Gasteiger partial charge in [0.05, 0.1) is 53.7 Å². The number of methoxy groups -OCH3 is 1. The average molecular weight is 661 g/mol. The molecule has 0 aliphatic carbocycles. The Kier molecular flexibility index (Phi) is 8.29. The molecule has 5 aromatic rings. The van der Waals surface area contributed by atoms with Gasteiger partial charge in [-0.05, 0) is 55.4 Å². The van der Waals surface area contributed by atoms with Gasteiger partial charge in [-0.2, -0.15) is 0 Å². The van der Waals surface area contributed by atoms with Crippen molar-refractivity contribution in [3.63, 3.8) is 0 Å². The largest absolute Gasteiger partial charge is 0.394 e. The number of imide groups is 1. The molecule has 254 valence electrons. The molecular formula is C35H40N4O9. The van der Waals surface area contributed by atoms with Gasteiger partial charge in [0, 0.05) is 34.2 Å². The zero-order valence-corrected chi connectivity index (χ0v) is 27.2. The van der Waals surface area contributed by atoms with Crippen LogP contribution in [-0.4, -0.2) is 114 Å². The van der Waals surface area contributed by atoms with E-state index in [0.717, 1.165) is 0 Å². The van der Waals surface area contributed by atoms with E-state index in [1.165, 1.54) is 12.0 Å². The third kappa shape index (κ3) is 4.47. The number of H-pyrrole nitrogens is 1. The van der Waals surface area contributed by atoms with Crippen molar-refractivity contribution >= 4 is 55.4 Å². The van der Waals surface area contributed by atoms with Gasteiger partial charge in [0.2, 0.25) is 0 Å². The van der Waals surface area contributed by atoms with Crippen LogP contribution in [-0.2, 0) is 22.7 Å². The summed E-state index contributed by atoms with van der Waals surface area (Å²) in [6.45, 7) is 5.94. The fourth-order valence-corrected chi connectivity index (χ4v) is 7.84. The SMILES string of the molecule is CCN(CC)C(C)N1C(=O)c2c(c3c4cc(CO)ccc4n([C@@H]4O[C@H](CO)[C@@H](OC)[C@H](O)[C@H]4O)c3c3[nH]c4ccc(CO)cc4c23)C1=O. The van der Waals surface area contributed by atoms with E-state index in [1.54, 1.807) is 41.0 Å². The van der Waals surface area contributed by atoms with Gasteiger partial charge in [-0.25, -0.2) is 0 Å². The van der Waals surface area contributed by atoms with E-state index in [-0.39, 0.29) is 24.3 Å². The summed E-state index contributed by atoms with van der Waals surface area (Å²) in [4.78, 5) is 36.0. The molecule has 1 fully saturated rings. The van der Waals surface area contributed by atoms with Crippen LogP contribution in [0.3, 0.4) is 0 Å². The molecule has 0 radical (unpaired) electrons. The van der Waals surface area contributed by atoms with Crippen molar-refractivity contribution in [1.29, 1.82) is 0 Å². The van der Waals surface area contributed by atoms with E-state index in [1.807, 2.05) is 25.7 Å². The lowest BCUT2D eigenvalue weighted by atomic mass is 9.95. The third-order valence-electron chi connectivity index (χ3n) is 10.2. The number of hydrogen-bond acceptors (Lipinski definition) is 10. The molecule has 13 nitrogen and oxygen atoms in total. The minimum Gasteiger partial charge on any atom is -0.394 e. The molecule has 2 aliphatic rings. The second kappa shape index (κ2) is 12.2. The van der Waals surface area contributed by atoms with Gasteiger partial charge in [0.1, 0.15) is 24.4 Å². The molecule has 7 rings (SSSR count). The summed E-state index contributed by atoms with van der Waals surface area (Å²) >= 11 is 0. The topological polar surface area (TPSA) is 181 Å². The number of carbonyl (C=O) groups is 2. The highest BCUT2D eigenvalue weighted by molar-refractivity contribution is 6.39. The molecular weight excluding hydrogens is 620 g/mol. The van der Waals surface area contributed by atoms with Crippen molar-refractivity contribution in [1.82, 2.24) is 19.4 Å². The first kappa shape index (κ1) is 32.6. The number of hydrogen-bond donors (Lipinski definition) is 6. The summed E-state index contributed by atoms with van der Waals surface area (Å²) in [7, 11) is 1.36. The summed E-state index contributed by atoms with van der Waals surface area (Å²) in [5, 5.41) is 55.2. The maximum absolute atomic E-state index is 14.7. The Morgan fingerprint density at radius 1 is 0.917 bits per heavy atom. The van der Waals surface area contributed by atoms with Gasteiger partial charge in [-0.15, -0.1) is 0 Å². The number of nitrogens with one attached hydrogen (secondary N) is 1. The van der Waals surface area contributed by atoms with Gasteiger partial charge in [-0.1, -0.05) is 26.0 Å². The zero-order valence-electron chi connectivity index (χ0n) is 27.2. The zero-order chi connectivity index (χ0) is 34.2. The van der Waals surface area contributed by atoms with Crippen molar-refractivity contribution < 1.29 is 44.6 Å². The number of aromatic amines is 1. The maximum Gasteiger partial charge on any atom is 0.263 e. The monoisotopic (exact) mass is 660 g/mol. The third-order valence-corrected chi connectivity index (χ3v) is 10.2. The highest BCUT2D eigenvalue weighted by atomic mass is 16.6. The molecule has 0 spiro atoms. The minimum atomic E-state index is -1.53. The molecule has 2 aromatic heterocycles. The van der Waals surface area contributed by atoms with Crippen molar-refractivity contribution in [2.45, 2.75) is 70.8 Å². The van der Waals surface area contributed by atoms with Crippen LogP contribution in [0.5, 0.6) is 0 Å². The molecule has 2 aliphatic heterocycles. The Hall–Kier alpha value is -3.92. The lowest BCUT2D eigenvalue weighted by Crippen LogP contribution is -2.57. The molecule has 4 heterocycles. The first-order chi connectivity index (χ1) is 23.1. The molecule has 0 saturated carbocycles. The van der Waals surface area contributed by atoms with Crippen LogP contribution < -0.4 is 0 Å². The normalized spacial score (nSPS) is 23.9. The van der Waals surface area contributed by atoms with Crippen molar-refractivity contribution in [2.24, 2.45) is 0 Å². The average Bonchev–Trinajstić information content (AvgIpc) is 3.72. The summed E-state index contributed by atoms with van der Waals surface area (Å²) < 4.78 is 13.4. The van der Waals surface area contributed by atoms with E-state index in [2.05, 4.69) is 4.98 Å². The summed E-state index contributed by atoms with van der Waals surface area (Å²) in [5.74, 6) is -0.941. The first-order valence-electron chi connectivity index (χ1n) is 16.2. The predicted molar refractivity (Wildman–Crippen MR) is 177 cm³/mol. The number of benzene rings is 3. The van der Waals surface area contributed by atoms with Crippen LogP contribution in [0.1, 0.15) is 58.8 Å². The Labute approximate surface area is 275 Å². The number of fused-ring (bicyclic) bond motifs is 10. The van der Waals surface area contributed by atoms with Gasteiger partial charge in [0.25, 0.3) is 11.8 Å². The Bertz CT molecular complexity index is 2080. The number of aromatic nitrogens is 2. The fourth-order valence-electron chi connectivity index (χ4n) is 7.84. The molecule has 6 N–H and O–H groups in total. The fraction of sp³-hybridized carbons (Fsp3) is 0.429. The van der Waals surface area contributed by atoms with Crippen LogP contribution in [0.25, 0.3) is 43.6 Å². The maximum atomic E-state index is 14.7. The Morgan fingerprint density at radius 2 is 1.54 bits per heavy atom. The van der Waals surface area contributed by atoms with Gasteiger partial charge in [-0.3, -0.25) is 19.4 Å². The number of carbonyl (C=O) groups excluding carboxylic acids is 2. The van der Waals surface area contributed by atoms with Crippen LogP contribution >= 0.6 is 0 Å². The number of nitrogens with zero attached hydrogens (tertiary/aromatic N) is 3. The van der Waals surface area contributed by atoms with E-state index < -0.39 is 55.2 Å². The van der Waals surface area contributed by atoms with Crippen molar-refractivity contribution in [3.8, 4) is 0 Å². The standard InChI is InChI=1S/C35H40N4O9/c1-5-37(6-2)16(3)38-33(45)26-24-19-11-17(13-40)7-9-21(19)36-28(24)29-25(27(26)34(38)46)20-12-18(14-41)8-10-22(20)39(29)35-31(44)30(43)32(47-4)23(15-42)48-35/h7-12,16,23,30-32,35-36,40-44H,5-6,13-15H2,1-4H3/t16?,23-,30-,31-,32-,35-/m1/s1. The summed E-state index contributed by atoms with van der Waals surface area (Å²) in [5.41, 5.74) is 3.63. The van der Waals surface area contributed by atoms with E-state index in [9.17, 15) is 35.1 Å². The number of ether oxygens (including phenoxy) is 2. The van der Waals surface area contributed by atoms with Crippen molar-refractivity contribution in [3.05, 3.63) is 58.7 Å². The van der Waals surface area contributed by atoms with Gasteiger partial charge >= 0.3 is 0 Å². The highest BCUT2D eigenvalue weighted by Gasteiger charge is 2.48. The lowest BCUT2D eigenvalue weighted by molar-refractivity contribution is -0.255. The Morgan fingerprint density at radius 3 is 2.15 bits per heavy atom. The van der Waals surface area contributed by atoms with E-state index >= 15 is 0 Å². The summed E-state index contributed by atoms with van der Waals surface area (Å²) in [6.07, 6.45) is -6.81. The van der Waals surface area contributed by atoms with Crippen molar-refractivity contribution in [2.75, 3.05) is 26.8 Å². The predicted octanol–water partition coefficient (Wildman–Crippen LogP) is 2.32. The molecule has 6 atom stereocenters. The molecule has 1 saturated heterocycles. The van der Waals surface area contributed by atoms with Crippen LogP contribution in [0, 0.1) is 0 Å². The lowest BCUT2D eigenvalue weighted by Gasteiger charge is -2.42. The second-order valence-corrected chi connectivity index (χ2v) is 12.5. The molecule has 1 unspecified atom stereocenters. The molecule has 2 amide bonds. The number of aliphatic hydroxyl groups is 5. The highest BCUT2D eigenvalue weighted by Crippen LogP contribution is 2.48. The summed E-state index contributed by atoms with van der Waals surface area (Å²) in [6, 6.07) is 10.5. The van der Waals surface area contributed by atoms with E-state index in [4.69, 9.17) is 9.47 Å². The molecule has 3 aromatic carbocycles. The minimum absolute atomic E-state index is 0.176. The smallest absolute Gasteiger partial charge is 0.263 e. The quantitative estimate of drug-likeness (QED) is 0.129. The molecule has 0 bridgehead atoms. The van der Waals surface area contributed by atoms with Gasteiger partial charge in [0.15, 0.2) is 6.23 Å². The molecule has 13 heteroatoms. The molecule has 48 heavy (non-hydrogen) atoms. The van der Waals surface area contributed by atoms with Crippen LogP contribution in [0.4, 0.5) is 0 Å². The van der Waals surface area contributed by atoms with Gasteiger partial charge < -0.3 is 44.6 Å². The number of aliphatic hydroxyl groups excluding tert-OH is 5. The number of rotatable bonds is 9. The van der Waals surface area contributed by atoms with Crippen LogP contribution in [0.15, 0.2) is 36.4 Å². The van der Waals surface area contributed by atoms with E-state index in [0.29, 0.717) is 67.8 Å². The second-order valence-electron chi connectivity index (χ2n) is 12.5. The first-order valence-corrected chi connectivity index (χ1v) is 16.2.